The Labute approximate surface area is 125 Å². The summed E-state index contributed by atoms with van der Waals surface area (Å²) >= 11 is 5.74. The number of rotatable bonds is 4. The fraction of sp³-hybridized carbons (Fsp3) is 0.0667. The van der Waals surface area contributed by atoms with Crippen LogP contribution in [0.2, 0.25) is 5.02 Å². The van der Waals surface area contributed by atoms with Crippen LogP contribution in [0.15, 0.2) is 46.6 Å². The summed E-state index contributed by atoms with van der Waals surface area (Å²) in [4.78, 5) is 0. The minimum atomic E-state index is -0.766. The first kappa shape index (κ1) is 15.1. The average Bonchev–Trinajstić information content (AvgIpc) is 2.47. The molecule has 0 aliphatic rings. The molecule has 0 unspecified atom stereocenters. The summed E-state index contributed by atoms with van der Waals surface area (Å²) in [7, 11) is 1.33. The van der Waals surface area contributed by atoms with E-state index in [1.54, 1.807) is 24.3 Å². The molecule has 2 rings (SSSR count). The molecule has 6 heteroatoms. The Morgan fingerprint density at radius 1 is 1.00 bits per heavy atom. The second-order valence-corrected chi connectivity index (χ2v) is 4.48. The number of halogens is 3. The summed E-state index contributed by atoms with van der Waals surface area (Å²) in [6.07, 6.45) is 2.46. The van der Waals surface area contributed by atoms with Gasteiger partial charge < -0.3 is 4.74 Å². The minimum absolute atomic E-state index is 0.104. The van der Waals surface area contributed by atoms with Gasteiger partial charge in [0.15, 0.2) is 0 Å². The van der Waals surface area contributed by atoms with Crippen molar-refractivity contribution in [2.24, 2.45) is 10.2 Å². The molecule has 108 valence electrons. The van der Waals surface area contributed by atoms with Gasteiger partial charge >= 0.3 is 0 Å². The van der Waals surface area contributed by atoms with E-state index in [2.05, 4.69) is 10.2 Å². The van der Waals surface area contributed by atoms with E-state index in [0.29, 0.717) is 5.02 Å². The van der Waals surface area contributed by atoms with E-state index in [1.165, 1.54) is 13.3 Å². The summed E-state index contributed by atoms with van der Waals surface area (Å²) in [5.41, 5.74) is 0.497. The van der Waals surface area contributed by atoms with Crippen LogP contribution in [-0.4, -0.2) is 19.5 Å². The largest absolute Gasteiger partial charge is 0.497 e. The Morgan fingerprint density at radius 2 is 1.57 bits per heavy atom. The molecule has 0 N–H and O–H groups in total. The quantitative estimate of drug-likeness (QED) is 0.619. The second-order valence-electron chi connectivity index (χ2n) is 4.05. The van der Waals surface area contributed by atoms with Gasteiger partial charge in [0.05, 0.1) is 25.1 Å². The number of benzene rings is 2. The molecule has 0 bridgehead atoms. The molecule has 0 spiro atoms. The van der Waals surface area contributed by atoms with Gasteiger partial charge in [-0.05, 0) is 17.7 Å². The minimum Gasteiger partial charge on any atom is -0.497 e. The van der Waals surface area contributed by atoms with Gasteiger partial charge in [-0.2, -0.15) is 10.2 Å². The molecule has 0 heterocycles. The van der Waals surface area contributed by atoms with Crippen LogP contribution in [0.25, 0.3) is 0 Å². The zero-order valence-electron chi connectivity index (χ0n) is 11.1. The Hall–Kier alpha value is -2.27. The number of hydrogen-bond acceptors (Lipinski definition) is 3. The molecule has 0 amide bonds. The Bertz CT molecular complexity index is 662. The van der Waals surface area contributed by atoms with Gasteiger partial charge in [0, 0.05) is 17.2 Å². The smallest absolute Gasteiger partial charge is 0.138 e. The fourth-order valence-electron chi connectivity index (χ4n) is 1.54. The lowest BCUT2D eigenvalue weighted by Gasteiger charge is -2.02. The van der Waals surface area contributed by atoms with Crippen molar-refractivity contribution in [2.75, 3.05) is 7.11 Å². The Balaban J connectivity index is 2.13. The maximum Gasteiger partial charge on any atom is 0.138 e. The van der Waals surface area contributed by atoms with Gasteiger partial charge in [0.1, 0.15) is 17.4 Å². The van der Waals surface area contributed by atoms with Crippen molar-refractivity contribution < 1.29 is 13.5 Å². The van der Waals surface area contributed by atoms with Crippen molar-refractivity contribution >= 4 is 24.0 Å². The normalized spacial score (nSPS) is 11.4. The number of methoxy groups -OCH3 is 1. The van der Waals surface area contributed by atoms with Gasteiger partial charge in [-0.1, -0.05) is 23.7 Å². The van der Waals surface area contributed by atoms with E-state index in [1.807, 2.05) is 0 Å². The second kappa shape index (κ2) is 6.95. The van der Waals surface area contributed by atoms with E-state index < -0.39 is 11.6 Å². The molecular formula is C15H11ClF2N2O. The molecule has 21 heavy (non-hydrogen) atoms. The lowest BCUT2D eigenvalue weighted by atomic mass is 10.2. The zero-order chi connectivity index (χ0) is 15.2. The first-order valence-electron chi connectivity index (χ1n) is 5.95. The molecule has 2 aromatic rings. The maximum atomic E-state index is 13.6. The molecule has 0 saturated heterocycles. The van der Waals surface area contributed by atoms with Gasteiger partial charge in [0.25, 0.3) is 0 Å². The van der Waals surface area contributed by atoms with Gasteiger partial charge in [-0.25, -0.2) is 8.78 Å². The summed E-state index contributed by atoms with van der Waals surface area (Å²) in [5, 5.41) is 7.96. The lowest BCUT2D eigenvalue weighted by molar-refractivity contribution is 0.406. The predicted molar refractivity (Wildman–Crippen MR) is 79.6 cm³/mol. The highest BCUT2D eigenvalue weighted by molar-refractivity contribution is 6.30. The van der Waals surface area contributed by atoms with E-state index in [9.17, 15) is 8.78 Å². The number of nitrogens with zero attached hydrogens (tertiary/aromatic N) is 2. The van der Waals surface area contributed by atoms with Crippen LogP contribution < -0.4 is 4.74 Å². The predicted octanol–water partition coefficient (Wildman–Crippen LogP) is 4.08. The van der Waals surface area contributed by atoms with Gasteiger partial charge in [0.2, 0.25) is 0 Å². The molecule has 0 saturated carbocycles. The van der Waals surface area contributed by atoms with Crippen molar-refractivity contribution in [3.63, 3.8) is 0 Å². The monoisotopic (exact) mass is 308 g/mol. The van der Waals surface area contributed by atoms with Crippen molar-refractivity contribution in [3.8, 4) is 5.75 Å². The Morgan fingerprint density at radius 3 is 2.14 bits per heavy atom. The van der Waals surface area contributed by atoms with Crippen LogP contribution in [0, 0.1) is 11.6 Å². The van der Waals surface area contributed by atoms with Crippen LogP contribution in [-0.2, 0) is 0 Å². The van der Waals surface area contributed by atoms with E-state index in [0.717, 1.165) is 23.9 Å². The van der Waals surface area contributed by atoms with E-state index in [4.69, 9.17) is 16.3 Å². The summed E-state index contributed by atoms with van der Waals surface area (Å²) in [6, 6.07) is 9.05. The first-order valence-corrected chi connectivity index (χ1v) is 6.33. The van der Waals surface area contributed by atoms with Crippen LogP contribution in [0.1, 0.15) is 11.1 Å². The zero-order valence-corrected chi connectivity index (χ0v) is 11.8. The van der Waals surface area contributed by atoms with Crippen LogP contribution in [0.4, 0.5) is 8.78 Å². The SMILES string of the molecule is COc1cc(F)c(/C=N/N=C/c2ccc(Cl)cc2)c(F)c1. The fourth-order valence-corrected chi connectivity index (χ4v) is 1.67. The summed E-state index contributed by atoms with van der Waals surface area (Å²) in [5.74, 6) is -1.43. The highest BCUT2D eigenvalue weighted by Crippen LogP contribution is 2.19. The Kier molecular flexibility index (Phi) is 5.00. The molecule has 2 aromatic carbocycles. The highest BCUT2D eigenvalue weighted by Gasteiger charge is 2.09. The summed E-state index contributed by atoms with van der Waals surface area (Å²) in [6.45, 7) is 0. The maximum absolute atomic E-state index is 13.6. The number of ether oxygens (including phenoxy) is 1. The van der Waals surface area contributed by atoms with Gasteiger partial charge in [-0.3, -0.25) is 0 Å². The average molecular weight is 309 g/mol. The molecule has 0 aliphatic carbocycles. The van der Waals surface area contributed by atoms with Crippen LogP contribution in [0.3, 0.4) is 0 Å². The number of hydrogen-bond donors (Lipinski definition) is 0. The third-order valence-corrected chi connectivity index (χ3v) is 2.87. The van der Waals surface area contributed by atoms with Crippen molar-refractivity contribution in [1.82, 2.24) is 0 Å². The molecular weight excluding hydrogens is 298 g/mol. The summed E-state index contributed by atoms with van der Waals surface area (Å²) < 4.78 is 32.0. The lowest BCUT2D eigenvalue weighted by Crippen LogP contribution is -1.96. The molecule has 3 nitrogen and oxygen atoms in total. The molecule has 0 fully saturated rings. The van der Waals surface area contributed by atoms with Gasteiger partial charge in [-0.15, -0.1) is 0 Å². The van der Waals surface area contributed by atoms with Crippen LogP contribution in [0.5, 0.6) is 5.75 Å². The van der Waals surface area contributed by atoms with Crippen molar-refractivity contribution in [1.29, 1.82) is 0 Å². The van der Waals surface area contributed by atoms with Crippen molar-refractivity contribution in [2.45, 2.75) is 0 Å². The van der Waals surface area contributed by atoms with E-state index in [-0.39, 0.29) is 11.3 Å². The third-order valence-electron chi connectivity index (χ3n) is 2.62. The highest BCUT2D eigenvalue weighted by atomic mass is 35.5. The third kappa shape index (κ3) is 4.10. The van der Waals surface area contributed by atoms with Crippen molar-refractivity contribution in [3.05, 3.63) is 64.2 Å². The molecule has 0 atom stereocenters. The molecule has 0 aromatic heterocycles. The van der Waals surface area contributed by atoms with E-state index >= 15 is 0 Å². The molecule has 0 aliphatic heterocycles. The van der Waals surface area contributed by atoms with Crippen LogP contribution >= 0.6 is 11.6 Å². The standard InChI is InChI=1S/C15H11ClF2N2O/c1-21-12-6-14(17)13(15(18)7-12)9-20-19-8-10-2-4-11(16)5-3-10/h2-9H,1H3/b19-8+,20-9+. The first-order chi connectivity index (χ1) is 10.1. The molecule has 0 radical (unpaired) electrons. The topological polar surface area (TPSA) is 34.0 Å².